The molecule has 11 heavy (non-hydrogen) atoms. The zero-order valence-corrected chi connectivity index (χ0v) is 8.41. The number of rotatable bonds is 4. The Morgan fingerprint density at radius 2 is 1.36 bits per heavy atom. The number of Topliss-reactive ketones (excluding diaryl/α,β-unsaturated/α-hetero) is 2. The van der Waals surface area contributed by atoms with E-state index in [1.165, 1.54) is 0 Å². The maximum absolute atomic E-state index is 12.5. The van der Waals surface area contributed by atoms with E-state index in [9.17, 15) is 18.4 Å². The fraction of sp³-hybridized carbons (Fsp3) is 0.600. The lowest BCUT2D eigenvalue weighted by Crippen LogP contribution is -2.39. The molecule has 0 bridgehead atoms. The zero-order chi connectivity index (χ0) is 9.07. The van der Waals surface area contributed by atoms with Crippen molar-refractivity contribution >= 4 is 43.4 Å². The van der Waals surface area contributed by atoms with Crippen LogP contribution in [0.5, 0.6) is 0 Å². The minimum atomic E-state index is -3.85. The number of hydrogen-bond acceptors (Lipinski definition) is 2. The molecule has 0 aromatic rings. The first-order valence-corrected chi connectivity index (χ1v) is 4.77. The third-order valence-corrected chi connectivity index (χ3v) is 1.96. The van der Waals surface area contributed by atoms with Crippen LogP contribution >= 0.6 is 31.9 Å². The Bertz CT molecular complexity index is 163. The number of hydrogen-bond donors (Lipinski definition) is 0. The lowest BCUT2D eigenvalue weighted by Gasteiger charge is -2.09. The second-order valence-corrected chi connectivity index (χ2v) is 2.81. The van der Waals surface area contributed by atoms with Crippen LogP contribution in [-0.2, 0) is 9.59 Å². The van der Waals surface area contributed by atoms with Gasteiger partial charge in [-0.15, -0.1) is 0 Å². The standard InChI is InChI=1S/C5H4Br2F2O2/c6-1-3(10)5(8,9)4(11)2-7/h1-2H2. The summed E-state index contributed by atoms with van der Waals surface area (Å²) in [4.78, 5) is 20.8. The number of carbonyl (C=O) groups is 2. The molecule has 0 unspecified atom stereocenters. The molecule has 0 amide bonds. The van der Waals surface area contributed by atoms with Gasteiger partial charge in [0.05, 0.1) is 10.7 Å². The van der Waals surface area contributed by atoms with Crippen molar-refractivity contribution in [3.63, 3.8) is 0 Å². The van der Waals surface area contributed by atoms with Gasteiger partial charge in [-0.25, -0.2) is 0 Å². The first-order valence-electron chi connectivity index (χ1n) is 2.53. The quantitative estimate of drug-likeness (QED) is 0.582. The molecule has 0 radical (unpaired) electrons. The van der Waals surface area contributed by atoms with E-state index < -0.39 is 28.1 Å². The van der Waals surface area contributed by atoms with Gasteiger partial charge in [0.1, 0.15) is 0 Å². The number of alkyl halides is 4. The van der Waals surface area contributed by atoms with Gasteiger partial charge in [-0.05, 0) is 0 Å². The van der Waals surface area contributed by atoms with Crippen LogP contribution in [0.3, 0.4) is 0 Å². The molecular formula is C5H4Br2F2O2. The SMILES string of the molecule is O=C(CBr)C(F)(F)C(=O)CBr. The Morgan fingerprint density at radius 3 is 1.55 bits per heavy atom. The van der Waals surface area contributed by atoms with E-state index in [0.717, 1.165) is 0 Å². The Kier molecular flexibility index (Phi) is 4.31. The van der Waals surface area contributed by atoms with E-state index in [4.69, 9.17) is 0 Å². The summed E-state index contributed by atoms with van der Waals surface area (Å²) in [5.74, 6) is -6.68. The van der Waals surface area contributed by atoms with Gasteiger partial charge < -0.3 is 0 Å². The number of ketones is 2. The lowest BCUT2D eigenvalue weighted by atomic mass is 10.2. The molecule has 0 aliphatic carbocycles. The molecule has 0 aromatic heterocycles. The molecule has 2 nitrogen and oxygen atoms in total. The van der Waals surface area contributed by atoms with Crippen molar-refractivity contribution in [2.45, 2.75) is 5.92 Å². The highest BCUT2D eigenvalue weighted by Gasteiger charge is 2.44. The highest BCUT2D eigenvalue weighted by atomic mass is 79.9. The molecule has 0 spiro atoms. The maximum Gasteiger partial charge on any atom is 0.364 e. The van der Waals surface area contributed by atoms with E-state index in [2.05, 4.69) is 31.9 Å². The molecule has 0 fully saturated rings. The molecule has 0 atom stereocenters. The molecular weight excluding hydrogens is 290 g/mol. The molecule has 0 aromatic carbocycles. The minimum absolute atomic E-state index is 0.515. The average molecular weight is 294 g/mol. The van der Waals surface area contributed by atoms with Gasteiger partial charge in [-0.2, -0.15) is 8.78 Å². The third kappa shape index (κ3) is 2.59. The van der Waals surface area contributed by atoms with Gasteiger partial charge >= 0.3 is 5.92 Å². The van der Waals surface area contributed by atoms with Crippen molar-refractivity contribution in [3.8, 4) is 0 Å². The smallest absolute Gasteiger partial charge is 0.291 e. The van der Waals surface area contributed by atoms with Gasteiger partial charge in [0.2, 0.25) is 11.6 Å². The van der Waals surface area contributed by atoms with E-state index >= 15 is 0 Å². The van der Waals surface area contributed by atoms with Crippen LogP contribution in [0.15, 0.2) is 0 Å². The van der Waals surface area contributed by atoms with E-state index in [1.807, 2.05) is 0 Å². The van der Waals surface area contributed by atoms with Crippen molar-refractivity contribution in [2.75, 3.05) is 10.7 Å². The Hall–Kier alpha value is 0.160. The molecule has 0 aliphatic heterocycles. The Balaban J connectivity index is 4.44. The summed E-state index contributed by atoms with van der Waals surface area (Å²) in [6, 6.07) is 0. The maximum atomic E-state index is 12.5. The normalized spacial score (nSPS) is 11.3. The first kappa shape index (κ1) is 11.2. The van der Waals surface area contributed by atoms with Crippen molar-refractivity contribution in [3.05, 3.63) is 0 Å². The van der Waals surface area contributed by atoms with E-state index in [1.54, 1.807) is 0 Å². The highest BCUT2D eigenvalue weighted by molar-refractivity contribution is 9.09. The number of halogens is 4. The van der Waals surface area contributed by atoms with Crippen molar-refractivity contribution in [1.29, 1.82) is 0 Å². The van der Waals surface area contributed by atoms with Crippen molar-refractivity contribution in [2.24, 2.45) is 0 Å². The first-order chi connectivity index (χ1) is 4.96. The van der Waals surface area contributed by atoms with Gasteiger partial charge in [0.25, 0.3) is 0 Å². The molecule has 0 saturated carbocycles. The average Bonchev–Trinajstić information content (AvgIpc) is 2.01. The van der Waals surface area contributed by atoms with Gasteiger partial charge in [0, 0.05) is 0 Å². The van der Waals surface area contributed by atoms with Crippen LogP contribution in [0.1, 0.15) is 0 Å². The summed E-state index contributed by atoms with van der Waals surface area (Å²) in [6.07, 6.45) is 0. The Labute approximate surface area is 78.6 Å². The topological polar surface area (TPSA) is 34.1 Å². The van der Waals surface area contributed by atoms with Gasteiger partial charge in [-0.3, -0.25) is 9.59 Å². The summed E-state index contributed by atoms with van der Waals surface area (Å²) in [5, 5.41) is -1.03. The van der Waals surface area contributed by atoms with Crippen LogP contribution < -0.4 is 0 Å². The second-order valence-electron chi connectivity index (χ2n) is 1.69. The summed E-state index contributed by atoms with van der Waals surface area (Å²) in [5.41, 5.74) is 0. The molecule has 0 saturated heterocycles. The Morgan fingerprint density at radius 1 is 1.09 bits per heavy atom. The molecule has 0 heterocycles. The summed E-state index contributed by atoms with van der Waals surface area (Å²) in [6.45, 7) is 0. The second kappa shape index (κ2) is 4.25. The molecule has 64 valence electrons. The van der Waals surface area contributed by atoms with Crippen LogP contribution in [0.4, 0.5) is 8.78 Å². The lowest BCUT2D eigenvalue weighted by molar-refractivity contribution is -0.153. The van der Waals surface area contributed by atoms with Crippen molar-refractivity contribution < 1.29 is 18.4 Å². The highest BCUT2D eigenvalue weighted by Crippen LogP contribution is 2.18. The monoisotopic (exact) mass is 292 g/mol. The van der Waals surface area contributed by atoms with E-state index in [0.29, 0.717) is 0 Å². The van der Waals surface area contributed by atoms with Gasteiger partial charge in [-0.1, -0.05) is 31.9 Å². The van der Waals surface area contributed by atoms with Crippen LogP contribution in [-0.4, -0.2) is 28.1 Å². The summed E-state index contributed by atoms with van der Waals surface area (Å²) < 4.78 is 24.9. The van der Waals surface area contributed by atoms with Crippen LogP contribution in [0.25, 0.3) is 0 Å². The predicted molar refractivity (Wildman–Crippen MR) is 42.5 cm³/mol. The molecule has 0 rings (SSSR count). The van der Waals surface area contributed by atoms with Crippen LogP contribution in [0.2, 0.25) is 0 Å². The van der Waals surface area contributed by atoms with E-state index in [-0.39, 0.29) is 0 Å². The fourth-order valence-corrected chi connectivity index (χ4v) is 1.03. The number of carbonyl (C=O) groups excluding carboxylic acids is 2. The molecule has 6 heteroatoms. The van der Waals surface area contributed by atoms with Crippen molar-refractivity contribution in [1.82, 2.24) is 0 Å². The van der Waals surface area contributed by atoms with Gasteiger partial charge in [0.15, 0.2) is 0 Å². The van der Waals surface area contributed by atoms with Crippen LogP contribution in [0, 0.1) is 0 Å². The molecule has 0 N–H and O–H groups in total. The summed E-state index contributed by atoms with van der Waals surface area (Å²) in [7, 11) is 0. The minimum Gasteiger partial charge on any atom is -0.291 e. The fourth-order valence-electron chi connectivity index (χ4n) is 0.323. The zero-order valence-electron chi connectivity index (χ0n) is 5.24. The molecule has 0 aliphatic rings. The predicted octanol–water partition coefficient (Wildman–Crippen LogP) is 1.55. The largest absolute Gasteiger partial charge is 0.364 e. The third-order valence-electron chi connectivity index (χ3n) is 0.943. The summed E-state index contributed by atoms with van der Waals surface area (Å²) >= 11 is 5.10.